The zero-order chi connectivity index (χ0) is 22.4. The first kappa shape index (κ1) is 21.3. The molecule has 0 aromatic heterocycles. The first-order valence-corrected chi connectivity index (χ1v) is 8.96. The summed E-state index contributed by atoms with van der Waals surface area (Å²) in [6.07, 6.45) is 0. The van der Waals surface area contributed by atoms with Crippen molar-refractivity contribution in [2.45, 2.75) is 0 Å². The Morgan fingerprint density at radius 3 is 2.16 bits per heavy atom. The van der Waals surface area contributed by atoms with E-state index in [0.29, 0.717) is 0 Å². The van der Waals surface area contributed by atoms with Gasteiger partial charge in [0.1, 0.15) is 5.82 Å². The number of nitro benzene ring substituents is 1. The van der Waals surface area contributed by atoms with E-state index in [2.05, 4.69) is 5.32 Å². The quantitative estimate of drug-likeness (QED) is 0.266. The summed E-state index contributed by atoms with van der Waals surface area (Å²) < 4.78 is 18.0. The van der Waals surface area contributed by atoms with Crippen LogP contribution in [0, 0.1) is 15.9 Å². The summed E-state index contributed by atoms with van der Waals surface area (Å²) in [6.45, 7) is -0.560. The Balaban J connectivity index is 1.68. The number of Topliss-reactive ketones (excluding diaryl/α,β-unsaturated/α-hetero) is 1. The molecule has 1 amide bonds. The number of nitrogens with zero attached hydrogens (tertiary/aromatic N) is 1. The Morgan fingerprint density at radius 1 is 0.903 bits per heavy atom. The molecule has 0 unspecified atom stereocenters. The fourth-order valence-electron chi connectivity index (χ4n) is 2.63. The third kappa shape index (κ3) is 5.36. The summed E-state index contributed by atoms with van der Waals surface area (Å²) in [5.41, 5.74) is 0.343. The van der Waals surface area contributed by atoms with Gasteiger partial charge in [-0.05, 0) is 48.5 Å². The highest BCUT2D eigenvalue weighted by Gasteiger charge is 2.17. The molecule has 0 aliphatic rings. The highest BCUT2D eigenvalue weighted by atomic mass is 19.1. The number of rotatable bonds is 7. The highest BCUT2D eigenvalue weighted by Crippen LogP contribution is 2.19. The number of ketones is 1. The van der Waals surface area contributed by atoms with Gasteiger partial charge in [-0.2, -0.15) is 0 Å². The number of benzene rings is 3. The van der Waals surface area contributed by atoms with Crippen LogP contribution in [0.1, 0.15) is 31.1 Å². The number of hydrogen-bond donors (Lipinski definition) is 1. The monoisotopic (exact) mass is 422 g/mol. The van der Waals surface area contributed by atoms with Crippen LogP contribution in [0.25, 0.3) is 0 Å². The highest BCUT2D eigenvalue weighted by molar-refractivity contribution is 6.08. The number of ether oxygens (including phenoxy) is 1. The first-order chi connectivity index (χ1) is 14.8. The Morgan fingerprint density at radius 2 is 1.52 bits per heavy atom. The van der Waals surface area contributed by atoms with E-state index in [9.17, 15) is 28.9 Å². The van der Waals surface area contributed by atoms with Crippen LogP contribution in [0.2, 0.25) is 0 Å². The minimum absolute atomic E-state index is 0.0182. The van der Waals surface area contributed by atoms with Crippen molar-refractivity contribution >= 4 is 29.0 Å². The van der Waals surface area contributed by atoms with Crippen molar-refractivity contribution < 1.29 is 28.4 Å². The van der Waals surface area contributed by atoms with Crippen molar-refractivity contribution in [2.24, 2.45) is 0 Å². The lowest BCUT2D eigenvalue weighted by Crippen LogP contribution is -2.18. The molecular weight excluding hydrogens is 407 g/mol. The predicted molar refractivity (Wildman–Crippen MR) is 109 cm³/mol. The number of hydrogen-bond acceptors (Lipinski definition) is 6. The molecule has 0 aliphatic carbocycles. The molecule has 0 aliphatic heterocycles. The van der Waals surface area contributed by atoms with Gasteiger partial charge in [0, 0.05) is 23.3 Å². The third-order valence-electron chi connectivity index (χ3n) is 4.24. The summed E-state index contributed by atoms with van der Waals surface area (Å²) in [5.74, 6) is -2.43. The van der Waals surface area contributed by atoms with Gasteiger partial charge >= 0.3 is 5.97 Å². The number of nitrogens with one attached hydrogen (secondary N) is 1. The van der Waals surface area contributed by atoms with Crippen LogP contribution >= 0.6 is 0 Å². The van der Waals surface area contributed by atoms with Crippen molar-refractivity contribution in [2.75, 3.05) is 11.9 Å². The second-order valence-electron chi connectivity index (χ2n) is 6.31. The van der Waals surface area contributed by atoms with Crippen molar-refractivity contribution in [3.63, 3.8) is 0 Å². The van der Waals surface area contributed by atoms with Crippen LogP contribution in [0.15, 0.2) is 72.8 Å². The van der Waals surface area contributed by atoms with Gasteiger partial charge in [-0.15, -0.1) is 0 Å². The summed E-state index contributed by atoms with van der Waals surface area (Å²) in [7, 11) is 0. The minimum Gasteiger partial charge on any atom is -0.454 e. The Kier molecular flexibility index (Phi) is 6.46. The molecule has 0 radical (unpaired) electrons. The lowest BCUT2D eigenvalue weighted by molar-refractivity contribution is -0.384. The molecule has 0 fully saturated rings. The Bertz CT molecular complexity index is 1140. The zero-order valence-electron chi connectivity index (χ0n) is 15.9. The number of anilines is 1. The topological polar surface area (TPSA) is 116 Å². The van der Waals surface area contributed by atoms with Crippen LogP contribution in [0.5, 0.6) is 0 Å². The summed E-state index contributed by atoms with van der Waals surface area (Å²) >= 11 is 0. The van der Waals surface area contributed by atoms with E-state index in [1.807, 2.05) is 0 Å². The van der Waals surface area contributed by atoms with Crippen LogP contribution in [0.4, 0.5) is 15.8 Å². The molecule has 9 heteroatoms. The number of halogens is 1. The number of para-hydroxylation sites is 1. The van der Waals surface area contributed by atoms with E-state index in [0.717, 1.165) is 12.1 Å². The number of carbonyl (C=O) groups is 3. The summed E-state index contributed by atoms with van der Waals surface area (Å²) in [5, 5.41) is 13.3. The van der Waals surface area contributed by atoms with E-state index in [1.165, 1.54) is 48.5 Å². The Hall–Kier alpha value is -4.40. The first-order valence-electron chi connectivity index (χ1n) is 8.96. The van der Waals surface area contributed by atoms with Crippen LogP contribution < -0.4 is 5.32 Å². The van der Waals surface area contributed by atoms with Gasteiger partial charge < -0.3 is 10.1 Å². The van der Waals surface area contributed by atoms with Gasteiger partial charge in [0.15, 0.2) is 12.4 Å². The molecule has 0 bridgehead atoms. The lowest BCUT2D eigenvalue weighted by Gasteiger charge is -2.11. The Labute approximate surface area is 175 Å². The molecule has 0 saturated heterocycles. The molecule has 156 valence electrons. The summed E-state index contributed by atoms with van der Waals surface area (Å²) in [4.78, 5) is 47.1. The molecule has 3 rings (SSSR count). The smallest absolute Gasteiger partial charge is 0.340 e. The van der Waals surface area contributed by atoms with Crippen molar-refractivity contribution in [1.82, 2.24) is 0 Å². The van der Waals surface area contributed by atoms with Crippen molar-refractivity contribution in [1.29, 1.82) is 0 Å². The van der Waals surface area contributed by atoms with E-state index in [1.54, 1.807) is 12.1 Å². The molecule has 0 saturated carbocycles. The van der Waals surface area contributed by atoms with Gasteiger partial charge in [0.2, 0.25) is 0 Å². The van der Waals surface area contributed by atoms with Crippen LogP contribution in [0.3, 0.4) is 0 Å². The van der Waals surface area contributed by atoms with Gasteiger partial charge in [-0.3, -0.25) is 19.7 Å². The molecule has 0 atom stereocenters. The van der Waals surface area contributed by atoms with Crippen LogP contribution in [-0.4, -0.2) is 29.2 Å². The second kappa shape index (κ2) is 9.40. The van der Waals surface area contributed by atoms with E-state index >= 15 is 0 Å². The number of esters is 1. The van der Waals surface area contributed by atoms with Gasteiger partial charge in [-0.25, -0.2) is 9.18 Å². The van der Waals surface area contributed by atoms with Crippen molar-refractivity contribution in [3.8, 4) is 0 Å². The fraction of sp³-hybridized carbons (Fsp3) is 0.0455. The minimum atomic E-state index is -0.838. The number of nitro groups is 1. The molecular formula is C22H15FN2O6. The normalized spacial score (nSPS) is 10.2. The molecule has 3 aromatic carbocycles. The SMILES string of the molecule is O=C(COC(=O)c1ccccc1NC(=O)c1ccc([N+](=O)[O-])cc1)c1ccc(F)cc1. The molecule has 0 heterocycles. The molecule has 3 aromatic rings. The average molecular weight is 422 g/mol. The third-order valence-corrected chi connectivity index (χ3v) is 4.24. The lowest BCUT2D eigenvalue weighted by atomic mass is 10.1. The standard InChI is InChI=1S/C22H15FN2O6/c23-16-9-5-14(6-10-16)20(26)13-31-22(28)18-3-1-2-4-19(18)24-21(27)15-7-11-17(12-8-15)25(29)30/h1-12H,13H2,(H,24,27). The zero-order valence-corrected chi connectivity index (χ0v) is 15.9. The molecule has 0 spiro atoms. The summed E-state index contributed by atoms with van der Waals surface area (Å²) in [6, 6.07) is 15.8. The second-order valence-corrected chi connectivity index (χ2v) is 6.31. The van der Waals surface area contributed by atoms with E-state index in [4.69, 9.17) is 4.74 Å². The largest absolute Gasteiger partial charge is 0.454 e. The number of non-ortho nitro benzene ring substituents is 1. The molecule has 1 N–H and O–H groups in total. The fourth-order valence-corrected chi connectivity index (χ4v) is 2.63. The predicted octanol–water partition coefficient (Wildman–Crippen LogP) is 4.03. The maximum Gasteiger partial charge on any atom is 0.340 e. The van der Waals surface area contributed by atoms with Gasteiger partial charge in [0.25, 0.3) is 11.6 Å². The molecule has 8 nitrogen and oxygen atoms in total. The number of carbonyl (C=O) groups excluding carboxylic acids is 3. The van der Waals surface area contributed by atoms with Gasteiger partial charge in [-0.1, -0.05) is 12.1 Å². The maximum atomic E-state index is 13.0. The van der Waals surface area contributed by atoms with Gasteiger partial charge in [0.05, 0.1) is 16.2 Å². The maximum absolute atomic E-state index is 13.0. The average Bonchev–Trinajstić information content (AvgIpc) is 2.78. The van der Waals surface area contributed by atoms with Crippen molar-refractivity contribution in [3.05, 3.63) is 105 Å². The van der Waals surface area contributed by atoms with E-state index in [-0.39, 0.29) is 28.1 Å². The van der Waals surface area contributed by atoms with E-state index < -0.39 is 35.0 Å². The number of amides is 1. The van der Waals surface area contributed by atoms with Crippen LogP contribution in [-0.2, 0) is 4.74 Å². The molecule has 31 heavy (non-hydrogen) atoms.